The fraction of sp³-hybridized carbons (Fsp3) is 0.200. The molecule has 0 aromatic heterocycles. The van der Waals surface area contributed by atoms with Crippen molar-refractivity contribution in [1.82, 2.24) is 0 Å². The molecule has 0 atom stereocenters. The van der Waals surface area contributed by atoms with Crippen molar-refractivity contribution in [1.29, 1.82) is 0 Å². The third-order valence-corrected chi connectivity index (χ3v) is 2.76. The van der Waals surface area contributed by atoms with Gasteiger partial charge in [-0.25, -0.2) is 8.78 Å². The van der Waals surface area contributed by atoms with Crippen LogP contribution < -0.4 is 5.73 Å². The van der Waals surface area contributed by atoms with Crippen LogP contribution in [0.15, 0.2) is 35.2 Å². The lowest BCUT2D eigenvalue weighted by atomic mass is 10.3. The van der Waals surface area contributed by atoms with Crippen molar-refractivity contribution in [3.63, 3.8) is 0 Å². The molecule has 0 saturated heterocycles. The van der Waals surface area contributed by atoms with E-state index < -0.39 is 11.6 Å². The van der Waals surface area contributed by atoms with Crippen molar-refractivity contribution in [2.24, 2.45) is 5.73 Å². The number of thioether (sulfide) groups is 1. The van der Waals surface area contributed by atoms with Gasteiger partial charge in [0.15, 0.2) is 11.6 Å². The second-order valence-corrected chi connectivity index (χ2v) is 3.87. The van der Waals surface area contributed by atoms with Crippen molar-refractivity contribution >= 4 is 11.8 Å². The van der Waals surface area contributed by atoms with Gasteiger partial charge in [0.1, 0.15) is 0 Å². The van der Waals surface area contributed by atoms with E-state index >= 15 is 0 Å². The molecule has 14 heavy (non-hydrogen) atoms. The number of benzene rings is 1. The molecule has 0 aliphatic heterocycles. The van der Waals surface area contributed by atoms with E-state index in [1.165, 1.54) is 23.9 Å². The molecule has 2 N–H and O–H groups in total. The van der Waals surface area contributed by atoms with Gasteiger partial charge in [-0.3, -0.25) is 0 Å². The molecule has 0 radical (unpaired) electrons. The molecule has 0 saturated carbocycles. The predicted octanol–water partition coefficient (Wildman–Crippen LogP) is 2.57. The first kappa shape index (κ1) is 11.2. The molecule has 1 aromatic rings. The van der Waals surface area contributed by atoms with E-state index in [0.717, 1.165) is 11.6 Å². The summed E-state index contributed by atoms with van der Waals surface area (Å²) in [6.45, 7) is 4.13. The van der Waals surface area contributed by atoms with Crippen LogP contribution in [0.2, 0.25) is 0 Å². The summed E-state index contributed by atoms with van der Waals surface area (Å²) in [6.07, 6.45) is 0. The summed E-state index contributed by atoms with van der Waals surface area (Å²) in [5.41, 5.74) is 6.22. The third kappa shape index (κ3) is 3.12. The summed E-state index contributed by atoms with van der Waals surface area (Å²) in [5.74, 6) is -1.03. The Morgan fingerprint density at radius 3 is 2.64 bits per heavy atom. The lowest BCUT2D eigenvalue weighted by molar-refractivity contribution is 0.506. The number of hydrogen-bond acceptors (Lipinski definition) is 2. The Hall–Kier alpha value is -0.870. The monoisotopic (exact) mass is 215 g/mol. The first-order valence-corrected chi connectivity index (χ1v) is 5.06. The molecule has 0 bridgehead atoms. The average Bonchev–Trinajstić information content (AvgIpc) is 2.19. The molecule has 0 unspecified atom stereocenters. The third-order valence-electron chi connectivity index (χ3n) is 1.62. The highest BCUT2D eigenvalue weighted by Gasteiger charge is 2.02. The quantitative estimate of drug-likeness (QED) is 0.617. The fourth-order valence-electron chi connectivity index (χ4n) is 0.811. The Balaban J connectivity index is 2.60. The molecule has 0 aliphatic carbocycles. The van der Waals surface area contributed by atoms with Gasteiger partial charge in [0.05, 0.1) is 0 Å². The highest BCUT2D eigenvalue weighted by molar-refractivity contribution is 7.99. The van der Waals surface area contributed by atoms with Crippen molar-refractivity contribution in [3.8, 4) is 0 Å². The van der Waals surface area contributed by atoms with Crippen LogP contribution in [0.1, 0.15) is 0 Å². The number of rotatable bonds is 4. The molecule has 0 amide bonds. The van der Waals surface area contributed by atoms with Crippen LogP contribution >= 0.6 is 11.8 Å². The average molecular weight is 215 g/mol. The van der Waals surface area contributed by atoms with Crippen LogP contribution in [0.5, 0.6) is 0 Å². The van der Waals surface area contributed by atoms with E-state index in [0.29, 0.717) is 17.2 Å². The minimum atomic E-state index is -0.827. The Morgan fingerprint density at radius 2 is 2.07 bits per heavy atom. The van der Waals surface area contributed by atoms with Gasteiger partial charge in [0.25, 0.3) is 0 Å². The maximum atomic E-state index is 12.8. The van der Waals surface area contributed by atoms with Gasteiger partial charge in [-0.05, 0) is 18.2 Å². The predicted molar refractivity (Wildman–Crippen MR) is 55.3 cm³/mol. The van der Waals surface area contributed by atoms with Crippen LogP contribution in [-0.2, 0) is 0 Å². The number of nitrogens with two attached hydrogens (primary N) is 1. The lowest BCUT2D eigenvalue weighted by Gasteiger charge is -2.03. The van der Waals surface area contributed by atoms with E-state index in [4.69, 9.17) is 5.73 Å². The standard InChI is InChI=1S/C10H11F2NS/c1-7(5-13)6-14-8-2-3-9(11)10(12)4-8/h2-4H,1,5-6,13H2. The fourth-order valence-corrected chi connectivity index (χ4v) is 1.65. The molecule has 1 rings (SSSR count). The van der Waals surface area contributed by atoms with Gasteiger partial charge in [-0.2, -0.15) is 0 Å². The molecule has 1 nitrogen and oxygen atoms in total. The summed E-state index contributed by atoms with van der Waals surface area (Å²) in [4.78, 5) is 0.679. The number of hydrogen-bond donors (Lipinski definition) is 1. The highest BCUT2D eigenvalue weighted by Crippen LogP contribution is 2.21. The summed E-state index contributed by atoms with van der Waals surface area (Å²) >= 11 is 1.39. The van der Waals surface area contributed by atoms with Gasteiger partial charge in [0.2, 0.25) is 0 Å². The van der Waals surface area contributed by atoms with Gasteiger partial charge in [-0.15, -0.1) is 11.8 Å². The summed E-state index contributed by atoms with van der Waals surface area (Å²) in [6, 6.07) is 3.82. The Morgan fingerprint density at radius 1 is 1.36 bits per heavy atom. The van der Waals surface area contributed by atoms with Gasteiger partial charge >= 0.3 is 0 Å². The van der Waals surface area contributed by atoms with E-state index in [9.17, 15) is 8.78 Å². The maximum Gasteiger partial charge on any atom is 0.159 e. The molecule has 0 heterocycles. The SMILES string of the molecule is C=C(CN)CSc1ccc(F)c(F)c1. The van der Waals surface area contributed by atoms with Crippen LogP contribution in [0.4, 0.5) is 8.78 Å². The second kappa shape index (κ2) is 5.12. The molecule has 0 fully saturated rings. The molecular formula is C10H11F2NS. The molecule has 4 heteroatoms. The first-order chi connectivity index (χ1) is 6.63. The highest BCUT2D eigenvalue weighted by atomic mass is 32.2. The van der Waals surface area contributed by atoms with E-state index in [1.54, 1.807) is 0 Å². The Labute approximate surface area is 86.0 Å². The zero-order chi connectivity index (χ0) is 10.6. The largest absolute Gasteiger partial charge is 0.327 e. The number of halogens is 2. The minimum absolute atomic E-state index is 0.413. The van der Waals surface area contributed by atoms with Crippen LogP contribution in [0.25, 0.3) is 0 Å². The molecule has 0 aliphatic rings. The van der Waals surface area contributed by atoms with E-state index in [1.807, 2.05) is 0 Å². The summed E-state index contributed by atoms with van der Waals surface area (Å²) in [7, 11) is 0. The zero-order valence-electron chi connectivity index (χ0n) is 7.59. The Bertz CT molecular complexity index is 339. The topological polar surface area (TPSA) is 26.0 Å². The maximum absolute atomic E-state index is 12.8. The minimum Gasteiger partial charge on any atom is -0.327 e. The van der Waals surface area contributed by atoms with Gasteiger partial charge < -0.3 is 5.73 Å². The first-order valence-electron chi connectivity index (χ1n) is 4.08. The van der Waals surface area contributed by atoms with E-state index in [-0.39, 0.29) is 0 Å². The Kier molecular flexibility index (Phi) is 4.10. The molecular weight excluding hydrogens is 204 g/mol. The summed E-state index contributed by atoms with van der Waals surface area (Å²) in [5, 5.41) is 0. The van der Waals surface area contributed by atoms with Gasteiger partial charge in [0, 0.05) is 17.2 Å². The van der Waals surface area contributed by atoms with Crippen molar-refractivity contribution in [2.45, 2.75) is 4.90 Å². The molecule has 1 aromatic carbocycles. The van der Waals surface area contributed by atoms with Crippen LogP contribution in [0, 0.1) is 11.6 Å². The lowest BCUT2D eigenvalue weighted by Crippen LogP contribution is -2.03. The smallest absolute Gasteiger partial charge is 0.159 e. The normalized spacial score (nSPS) is 10.2. The van der Waals surface area contributed by atoms with Gasteiger partial charge in [-0.1, -0.05) is 12.2 Å². The van der Waals surface area contributed by atoms with Crippen molar-refractivity contribution in [3.05, 3.63) is 42.0 Å². The van der Waals surface area contributed by atoms with Crippen LogP contribution in [0.3, 0.4) is 0 Å². The van der Waals surface area contributed by atoms with Crippen molar-refractivity contribution < 1.29 is 8.78 Å². The second-order valence-electron chi connectivity index (χ2n) is 2.82. The van der Waals surface area contributed by atoms with E-state index in [2.05, 4.69) is 6.58 Å². The summed E-state index contributed by atoms with van der Waals surface area (Å²) < 4.78 is 25.3. The molecule has 76 valence electrons. The van der Waals surface area contributed by atoms with Crippen molar-refractivity contribution in [2.75, 3.05) is 12.3 Å². The zero-order valence-corrected chi connectivity index (χ0v) is 8.41. The molecule has 0 spiro atoms. The van der Waals surface area contributed by atoms with Crippen LogP contribution in [-0.4, -0.2) is 12.3 Å².